The highest BCUT2D eigenvalue weighted by atomic mass is 16.5. The fourth-order valence-corrected chi connectivity index (χ4v) is 3.63. The van der Waals surface area contributed by atoms with Crippen LogP contribution in [0.1, 0.15) is 42.6 Å². The highest BCUT2D eigenvalue weighted by Gasteiger charge is 2.40. The van der Waals surface area contributed by atoms with Crippen molar-refractivity contribution < 1.29 is 14.3 Å². The van der Waals surface area contributed by atoms with Gasteiger partial charge in [0, 0.05) is 12.6 Å². The Labute approximate surface area is 112 Å². The van der Waals surface area contributed by atoms with Crippen LogP contribution in [-0.4, -0.2) is 23.3 Å². The fourth-order valence-electron chi connectivity index (χ4n) is 3.63. The normalized spacial score (nSPS) is 28.5. The summed E-state index contributed by atoms with van der Waals surface area (Å²) in [7, 11) is 0. The van der Waals surface area contributed by atoms with Gasteiger partial charge in [-0.1, -0.05) is 6.42 Å². The number of rotatable bonds is 5. The van der Waals surface area contributed by atoms with Gasteiger partial charge in [-0.15, -0.1) is 0 Å². The van der Waals surface area contributed by atoms with Gasteiger partial charge in [-0.25, -0.2) is 0 Å². The Morgan fingerprint density at radius 3 is 2.84 bits per heavy atom. The summed E-state index contributed by atoms with van der Waals surface area (Å²) >= 11 is 0. The van der Waals surface area contributed by atoms with E-state index < -0.39 is 0 Å². The van der Waals surface area contributed by atoms with Gasteiger partial charge in [0.1, 0.15) is 0 Å². The summed E-state index contributed by atoms with van der Waals surface area (Å²) in [5.41, 5.74) is 0.493. The van der Waals surface area contributed by atoms with Crippen molar-refractivity contribution in [3.05, 3.63) is 24.0 Å². The molecule has 0 spiro atoms. The number of hydrogen-bond acceptors (Lipinski definition) is 3. The monoisotopic (exact) mass is 261 g/mol. The Bertz CT molecular complexity index is 466. The molecule has 1 aromatic heterocycles. The highest BCUT2D eigenvalue weighted by Crippen LogP contribution is 2.49. The largest absolute Gasteiger partial charge is 0.457 e. The molecule has 0 radical (unpaired) electrons. The summed E-state index contributed by atoms with van der Waals surface area (Å²) in [6, 6.07) is 3.44. The van der Waals surface area contributed by atoms with Gasteiger partial charge in [-0.05, 0) is 49.1 Å². The molecule has 2 fully saturated rings. The standard InChI is InChI=1S/C15H19NO3/c17-14(13-2-1-5-16-13)9-19-15(18)8-12-7-10-3-4-11(12)6-10/h1-2,5,10-12,16H,3-4,6-9H2/t10-,11-,12+/m0/s1. The first-order valence-electron chi connectivity index (χ1n) is 7.04. The van der Waals surface area contributed by atoms with Crippen molar-refractivity contribution >= 4 is 11.8 Å². The van der Waals surface area contributed by atoms with Crippen LogP contribution in [0.25, 0.3) is 0 Å². The summed E-state index contributed by atoms with van der Waals surface area (Å²) in [6.07, 6.45) is 7.23. The first-order chi connectivity index (χ1) is 9.22. The number of ether oxygens (including phenoxy) is 1. The predicted octanol–water partition coefficient (Wildman–Crippen LogP) is 2.57. The van der Waals surface area contributed by atoms with E-state index in [0.29, 0.717) is 18.0 Å². The molecule has 2 aliphatic carbocycles. The summed E-state index contributed by atoms with van der Waals surface area (Å²) in [5.74, 6) is 1.65. The van der Waals surface area contributed by atoms with Crippen molar-refractivity contribution in [2.75, 3.05) is 6.61 Å². The first kappa shape index (κ1) is 12.5. The van der Waals surface area contributed by atoms with E-state index in [1.165, 1.54) is 25.7 Å². The minimum absolute atomic E-state index is 0.153. The number of nitrogens with one attached hydrogen (secondary N) is 1. The predicted molar refractivity (Wildman–Crippen MR) is 69.6 cm³/mol. The molecule has 2 bridgehead atoms. The minimum atomic E-state index is -0.225. The molecular weight excluding hydrogens is 242 g/mol. The van der Waals surface area contributed by atoms with E-state index in [2.05, 4.69) is 4.98 Å². The number of Topliss-reactive ketones (excluding diaryl/α,β-unsaturated/α-hetero) is 1. The molecule has 0 unspecified atom stereocenters. The SMILES string of the molecule is O=C(C[C@H]1C[C@H]2CC[C@H]1C2)OCC(=O)c1ccc[nH]1. The maximum atomic E-state index is 11.8. The molecule has 3 atom stereocenters. The molecule has 19 heavy (non-hydrogen) atoms. The van der Waals surface area contributed by atoms with Gasteiger partial charge < -0.3 is 9.72 Å². The van der Waals surface area contributed by atoms with Crippen LogP contribution >= 0.6 is 0 Å². The smallest absolute Gasteiger partial charge is 0.306 e. The Morgan fingerprint density at radius 1 is 1.32 bits per heavy atom. The van der Waals surface area contributed by atoms with Crippen molar-refractivity contribution in [3.63, 3.8) is 0 Å². The highest BCUT2D eigenvalue weighted by molar-refractivity contribution is 5.96. The number of aromatic amines is 1. The third-order valence-electron chi connectivity index (χ3n) is 4.58. The molecule has 0 aromatic carbocycles. The quantitative estimate of drug-likeness (QED) is 0.654. The van der Waals surface area contributed by atoms with Crippen LogP contribution in [-0.2, 0) is 9.53 Å². The van der Waals surface area contributed by atoms with Gasteiger partial charge in [0.05, 0.1) is 5.69 Å². The van der Waals surface area contributed by atoms with E-state index in [-0.39, 0.29) is 18.4 Å². The van der Waals surface area contributed by atoms with Gasteiger partial charge in [-0.3, -0.25) is 9.59 Å². The van der Waals surface area contributed by atoms with E-state index in [9.17, 15) is 9.59 Å². The van der Waals surface area contributed by atoms with E-state index in [1.54, 1.807) is 18.3 Å². The third kappa shape index (κ3) is 2.72. The number of hydrogen-bond donors (Lipinski definition) is 1. The molecule has 102 valence electrons. The lowest BCUT2D eigenvalue weighted by Crippen LogP contribution is -2.19. The summed E-state index contributed by atoms with van der Waals surface area (Å²) in [5, 5.41) is 0. The maximum Gasteiger partial charge on any atom is 0.306 e. The van der Waals surface area contributed by atoms with Crippen molar-refractivity contribution in [2.24, 2.45) is 17.8 Å². The molecule has 4 heteroatoms. The average Bonchev–Trinajstić information content (AvgIpc) is 3.12. The van der Waals surface area contributed by atoms with E-state index in [4.69, 9.17) is 4.74 Å². The van der Waals surface area contributed by atoms with Crippen molar-refractivity contribution in [2.45, 2.75) is 32.1 Å². The lowest BCUT2D eigenvalue weighted by Gasteiger charge is -2.20. The van der Waals surface area contributed by atoms with Crippen LogP contribution in [0.4, 0.5) is 0 Å². The lowest BCUT2D eigenvalue weighted by atomic mass is 9.86. The van der Waals surface area contributed by atoms with Gasteiger partial charge in [0.15, 0.2) is 6.61 Å². The second kappa shape index (κ2) is 5.19. The average molecular weight is 261 g/mol. The molecule has 2 saturated carbocycles. The Morgan fingerprint density at radius 2 is 2.21 bits per heavy atom. The fraction of sp³-hybridized carbons (Fsp3) is 0.600. The van der Waals surface area contributed by atoms with E-state index in [0.717, 1.165) is 11.8 Å². The number of aromatic nitrogens is 1. The maximum absolute atomic E-state index is 11.8. The summed E-state index contributed by atoms with van der Waals surface area (Å²) in [4.78, 5) is 26.2. The third-order valence-corrected chi connectivity index (χ3v) is 4.58. The van der Waals surface area contributed by atoms with Crippen LogP contribution in [0.2, 0.25) is 0 Å². The Balaban J connectivity index is 1.43. The lowest BCUT2D eigenvalue weighted by molar-refractivity contribution is -0.144. The summed E-state index contributed by atoms with van der Waals surface area (Å²) in [6.45, 7) is -0.153. The number of carbonyl (C=O) groups is 2. The van der Waals surface area contributed by atoms with Crippen LogP contribution < -0.4 is 0 Å². The molecule has 3 rings (SSSR count). The zero-order valence-electron chi connectivity index (χ0n) is 10.9. The number of esters is 1. The zero-order chi connectivity index (χ0) is 13.2. The molecular formula is C15H19NO3. The van der Waals surface area contributed by atoms with Crippen LogP contribution in [0.15, 0.2) is 18.3 Å². The number of carbonyl (C=O) groups excluding carboxylic acids is 2. The molecule has 1 N–H and O–H groups in total. The van der Waals surface area contributed by atoms with Crippen molar-refractivity contribution in [3.8, 4) is 0 Å². The second-order valence-electron chi connectivity index (χ2n) is 5.81. The second-order valence-corrected chi connectivity index (χ2v) is 5.81. The first-order valence-corrected chi connectivity index (χ1v) is 7.04. The topological polar surface area (TPSA) is 59.2 Å². The minimum Gasteiger partial charge on any atom is -0.457 e. The summed E-state index contributed by atoms with van der Waals surface area (Å²) < 4.78 is 5.09. The van der Waals surface area contributed by atoms with Gasteiger partial charge in [-0.2, -0.15) is 0 Å². The van der Waals surface area contributed by atoms with Crippen LogP contribution in [0, 0.1) is 17.8 Å². The van der Waals surface area contributed by atoms with Crippen LogP contribution in [0.3, 0.4) is 0 Å². The zero-order valence-corrected chi connectivity index (χ0v) is 10.9. The molecule has 0 saturated heterocycles. The molecule has 0 aliphatic heterocycles. The Kier molecular flexibility index (Phi) is 3.40. The van der Waals surface area contributed by atoms with Crippen molar-refractivity contribution in [1.82, 2.24) is 4.98 Å². The Hall–Kier alpha value is -1.58. The van der Waals surface area contributed by atoms with Crippen LogP contribution in [0.5, 0.6) is 0 Å². The number of H-pyrrole nitrogens is 1. The number of fused-ring (bicyclic) bond motifs is 2. The molecule has 4 nitrogen and oxygen atoms in total. The molecule has 1 heterocycles. The van der Waals surface area contributed by atoms with Gasteiger partial charge in [0.2, 0.25) is 5.78 Å². The van der Waals surface area contributed by atoms with Gasteiger partial charge >= 0.3 is 5.97 Å². The van der Waals surface area contributed by atoms with E-state index >= 15 is 0 Å². The molecule has 0 amide bonds. The van der Waals surface area contributed by atoms with Crippen molar-refractivity contribution in [1.29, 1.82) is 0 Å². The molecule has 2 aliphatic rings. The van der Waals surface area contributed by atoms with E-state index in [1.807, 2.05) is 0 Å². The molecule has 1 aromatic rings. The van der Waals surface area contributed by atoms with Gasteiger partial charge in [0.25, 0.3) is 0 Å². The number of ketones is 1.